The molecule has 1 fully saturated rings. The Morgan fingerprint density at radius 3 is 2.80 bits per heavy atom. The molecule has 0 aromatic carbocycles. The number of nitrogens with zero attached hydrogens (tertiary/aromatic N) is 3. The van der Waals surface area contributed by atoms with Gasteiger partial charge in [0.05, 0.1) is 13.3 Å². The third kappa shape index (κ3) is 2.95. The fraction of sp³-hybridized carbons (Fsp3) is 0.364. The van der Waals surface area contributed by atoms with Crippen LogP contribution in [0.3, 0.4) is 0 Å². The van der Waals surface area contributed by atoms with Crippen LogP contribution in [-0.4, -0.2) is 31.6 Å². The van der Waals surface area contributed by atoms with Crippen LogP contribution in [0.5, 0.6) is 0 Å². The van der Waals surface area contributed by atoms with Gasteiger partial charge in [-0.15, -0.1) is 21.5 Å². The van der Waals surface area contributed by atoms with E-state index in [9.17, 15) is 4.79 Å². The molecule has 9 heteroatoms. The van der Waals surface area contributed by atoms with Crippen LogP contribution in [0.2, 0.25) is 0 Å². The molecule has 20 heavy (non-hydrogen) atoms. The third-order valence-electron chi connectivity index (χ3n) is 2.80. The summed E-state index contributed by atoms with van der Waals surface area (Å²) in [5, 5.41) is 17.9. The maximum Gasteiger partial charge on any atom is 0.313 e. The zero-order valence-electron chi connectivity index (χ0n) is 10.0. The first-order valence-corrected chi connectivity index (χ1v) is 9.19. The van der Waals surface area contributed by atoms with Crippen molar-refractivity contribution < 1.29 is 9.90 Å². The number of aliphatic carboxylic acids is 1. The number of carbonyl (C=O) groups is 1. The van der Waals surface area contributed by atoms with Crippen LogP contribution in [0.25, 0.3) is 11.4 Å². The van der Waals surface area contributed by atoms with Crippen LogP contribution >= 0.6 is 55.0 Å². The molecule has 0 bridgehead atoms. The summed E-state index contributed by atoms with van der Waals surface area (Å²) in [6, 6.07) is 2.39. The van der Waals surface area contributed by atoms with Crippen molar-refractivity contribution in [3.63, 3.8) is 0 Å². The summed E-state index contributed by atoms with van der Waals surface area (Å²) in [6.45, 7) is 0. The van der Waals surface area contributed by atoms with E-state index >= 15 is 0 Å². The van der Waals surface area contributed by atoms with Gasteiger partial charge in [-0.2, -0.15) is 0 Å². The number of halogens is 2. The van der Waals surface area contributed by atoms with Crippen LogP contribution in [0, 0.1) is 0 Å². The zero-order valence-corrected chi connectivity index (χ0v) is 14.9. The molecule has 5 nitrogen and oxygen atoms in total. The number of carboxylic acid groups (broad SMARTS) is 1. The van der Waals surface area contributed by atoms with Crippen molar-refractivity contribution >= 4 is 60.9 Å². The molecule has 0 atom stereocenters. The van der Waals surface area contributed by atoms with Crippen LogP contribution in [0.4, 0.5) is 0 Å². The number of thiophene rings is 1. The Morgan fingerprint density at radius 1 is 1.50 bits per heavy atom. The van der Waals surface area contributed by atoms with Gasteiger partial charge < -0.3 is 5.11 Å². The molecule has 3 rings (SSSR count). The minimum absolute atomic E-state index is 0.000641. The molecule has 106 valence electrons. The van der Waals surface area contributed by atoms with Gasteiger partial charge in [-0.05, 0) is 50.8 Å². The fourth-order valence-corrected chi connectivity index (χ4v) is 5.36. The van der Waals surface area contributed by atoms with Gasteiger partial charge in [-0.3, -0.25) is 9.36 Å². The second-order valence-corrected chi connectivity index (χ2v) is 9.02. The lowest BCUT2D eigenvalue weighted by Gasteiger charge is -2.07. The molecule has 1 saturated carbocycles. The summed E-state index contributed by atoms with van der Waals surface area (Å²) in [5.41, 5.74) is 0.989. The lowest BCUT2D eigenvalue weighted by Crippen LogP contribution is -2.03. The number of carboxylic acids is 1. The van der Waals surface area contributed by atoms with Gasteiger partial charge in [0.2, 0.25) is 0 Å². The summed E-state index contributed by atoms with van der Waals surface area (Å²) in [6.07, 6.45) is 2.18. The molecular weight excluding hydrogens is 430 g/mol. The molecule has 2 aromatic heterocycles. The second-order valence-electron chi connectivity index (χ2n) is 4.33. The van der Waals surface area contributed by atoms with E-state index < -0.39 is 5.97 Å². The summed E-state index contributed by atoms with van der Waals surface area (Å²) in [4.78, 5) is 10.7. The van der Waals surface area contributed by atoms with E-state index in [2.05, 4.69) is 46.6 Å². The van der Waals surface area contributed by atoms with E-state index in [1.54, 1.807) is 11.3 Å². The molecule has 0 unspecified atom stereocenters. The minimum atomic E-state index is -0.846. The van der Waals surface area contributed by atoms with E-state index in [-0.39, 0.29) is 5.75 Å². The first-order chi connectivity index (χ1) is 9.56. The summed E-state index contributed by atoms with van der Waals surface area (Å²) >= 11 is 9.80. The zero-order chi connectivity index (χ0) is 14.3. The highest BCUT2D eigenvalue weighted by Gasteiger charge is 2.31. The molecule has 1 aliphatic carbocycles. The van der Waals surface area contributed by atoms with Crippen molar-refractivity contribution in [3.8, 4) is 11.4 Å². The number of thioether (sulfide) groups is 1. The number of aromatic nitrogens is 3. The van der Waals surface area contributed by atoms with E-state index in [1.807, 2.05) is 6.07 Å². The van der Waals surface area contributed by atoms with Crippen molar-refractivity contribution in [1.82, 2.24) is 14.8 Å². The number of hydrogen-bond acceptors (Lipinski definition) is 5. The van der Waals surface area contributed by atoms with Crippen LogP contribution in [0.15, 0.2) is 18.8 Å². The first kappa shape index (κ1) is 14.6. The van der Waals surface area contributed by atoms with Crippen LogP contribution in [-0.2, 0) is 4.79 Å². The maximum absolute atomic E-state index is 10.7. The molecule has 1 aliphatic rings. The van der Waals surface area contributed by atoms with Crippen molar-refractivity contribution in [3.05, 3.63) is 13.6 Å². The lowest BCUT2D eigenvalue weighted by molar-refractivity contribution is -0.133. The Kier molecular flexibility index (Phi) is 4.21. The highest BCUT2D eigenvalue weighted by atomic mass is 79.9. The van der Waals surface area contributed by atoms with Gasteiger partial charge >= 0.3 is 5.97 Å². The molecule has 0 saturated heterocycles. The standard InChI is InChI=1S/C11H9Br2N3O2S2/c12-7-3-6(9(13)20-7)10-14-15-11(19-4-8(17)18)16(10)5-1-2-5/h3,5H,1-2,4H2,(H,17,18). The Morgan fingerprint density at radius 2 is 2.25 bits per heavy atom. The highest BCUT2D eigenvalue weighted by molar-refractivity contribution is 9.12. The van der Waals surface area contributed by atoms with Gasteiger partial charge in [-0.25, -0.2) is 0 Å². The minimum Gasteiger partial charge on any atom is -0.481 e. The molecular formula is C11H9Br2N3O2S2. The van der Waals surface area contributed by atoms with E-state index in [0.717, 1.165) is 31.8 Å². The average Bonchev–Trinajstić information content (AvgIpc) is 3.04. The van der Waals surface area contributed by atoms with E-state index in [1.165, 1.54) is 11.8 Å². The van der Waals surface area contributed by atoms with Crippen LogP contribution < -0.4 is 0 Å². The molecule has 0 radical (unpaired) electrons. The van der Waals surface area contributed by atoms with Crippen molar-refractivity contribution in [2.75, 3.05) is 5.75 Å². The molecule has 2 heterocycles. The SMILES string of the molecule is O=C(O)CSc1nnc(-c2cc(Br)sc2Br)n1C1CC1. The predicted octanol–water partition coefficient (Wildman–Crippen LogP) is 4.04. The van der Waals surface area contributed by atoms with E-state index in [0.29, 0.717) is 11.2 Å². The van der Waals surface area contributed by atoms with Crippen LogP contribution in [0.1, 0.15) is 18.9 Å². The monoisotopic (exact) mass is 437 g/mol. The highest BCUT2D eigenvalue weighted by Crippen LogP contribution is 2.44. The van der Waals surface area contributed by atoms with Gasteiger partial charge in [0, 0.05) is 11.6 Å². The van der Waals surface area contributed by atoms with Gasteiger partial charge in [0.1, 0.15) is 0 Å². The molecule has 0 aliphatic heterocycles. The fourth-order valence-electron chi connectivity index (χ4n) is 1.84. The largest absolute Gasteiger partial charge is 0.481 e. The topological polar surface area (TPSA) is 68.0 Å². The van der Waals surface area contributed by atoms with Crippen molar-refractivity contribution in [2.24, 2.45) is 0 Å². The van der Waals surface area contributed by atoms with Gasteiger partial charge in [-0.1, -0.05) is 11.8 Å². The van der Waals surface area contributed by atoms with Crippen molar-refractivity contribution in [1.29, 1.82) is 0 Å². The Bertz CT molecular complexity index is 667. The molecule has 2 aromatic rings. The summed E-state index contributed by atoms with van der Waals surface area (Å²) < 4.78 is 4.07. The smallest absolute Gasteiger partial charge is 0.313 e. The second kappa shape index (κ2) is 5.78. The number of hydrogen-bond donors (Lipinski definition) is 1. The normalized spacial score (nSPS) is 14.7. The first-order valence-electron chi connectivity index (χ1n) is 5.81. The summed E-state index contributed by atoms with van der Waals surface area (Å²) in [7, 11) is 0. The Labute approximate surface area is 140 Å². The average molecular weight is 439 g/mol. The van der Waals surface area contributed by atoms with Gasteiger partial charge in [0.15, 0.2) is 11.0 Å². The molecule has 0 spiro atoms. The molecule has 0 amide bonds. The van der Waals surface area contributed by atoms with Gasteiger partial charge in [0.25, 0.3) is 0 Å². The van der Waals surface area contributed by atoms with Crippen molar-refractivity contribution in [2.45, 2.75) is 24.0 Å². The summed E-state index contributed by atoms with van der Waals surface area (Å²) in [5.74, 6) is -0.0464. The Hall–Kier alpha value is -0.380. The third-order valence-corrected chi connectivity index (χ3v) is 6.07. The predicted molar refractivity (Wildman–Crippen MR) is 85.4 cm³/mol. The maximum atomic E-state index is 10.7. The molecule has 1 N–H and O–H groups in total. The number of rotatable bonds is 5. The lowest BCUT2D eigenvalue weighted by atomic mass is 10.3. The quantitative estimate of drug-likeness (QED) is 0.713. The Balaban J connectivity index is 1.99. The van der Waals surface area contributed by atoms with E-state index in [4.69, 9.17) is 5.11 Å².